The maximum atomic E-state index is 11.8. The van der Waals surface area contributed by atoms with Crippen LogP contribution in [0.15, 0.2) is 46.9 Å². The molecule has 0 saturated heterocycles. The predicted molar refractivity (Wildman–Crippen MR) is 95.8 cm³/mol. The average Bonchev–Trinajstić information content (AvgIpc) is 3.18. The molecule has 3 rings (SSSR count). The lowest BCUT2D eigenvalue weighted by molar-refractivity contribution is -0.116. The van der Waals surface area contributed by atoms with Crippen molar-refractivity contribution in [3.63, 3.8) is 0 Å². The molecule has 0 unspecified atom stereocenters. The predicted octanol–water partition coefficient (Wildman–Crippen LogP) is 3.62. The molecule has 0 bridgehead atoms. The Labute approximate surface area is 147 Å². The topological polar surface area (TPSA) is 60.7 Å². The largest absolute Gasteiger partial charge is 0.497 e. The molecular weight excluding hydrogens is 318 g/mol. The lowest BCUT2D eigenvalue weighted by Crippen LogP contribution is -2.26. The Bertz CT molecular complexity index is 732. The number of furan rings is 1. The van der Waals surface area contributed by atoms with Crippen molar-refractivity contribution in [1.29, 1.82) is 0 Å². The summed E-state index contributed by atoms with van der Waals surface area (Å²) in [6.45, 7) is 3.04. The molecule has 25 heavy (non-hydrogen) atoms. The van der Waals surface area contributed by atoms with Gasteiger partial charge in [-0.3, -0.25) is 4.79 Å². The molecule has 5 nitrogen and oxygen atoms in total. The molecule has 0 radical (unpaired) electrons. The quantitative estimate of drug-likeness (QED) is 0.588. The summed E-state index contributed by atoms with van der Waals surface area (Å²) >= 11 is 0. The third kappa shape index (κ3) is 4.89. The Morgan fingerprint density at radius 2 is 1.96 bits per heavy atom. The summed E-state index contributed by atoms with van der Waals surface area (Å²) in [5, 5.41) is 2.78. The molecule has 1 aliphatic carbocycles. The van der Waals surface area contributed by atoms with E-state index in [4.69, 9.17) is 13.9 Å². The van der Waals surface area contributed by atoms with Crippen LogP contribution in [-0.4, -0.2) is 26.2 Å². The zero-order valence-corrected chi connectivity index (χ0v) is 14.5. The summed E-state index contributed by atoms with van der Waals surface area (Å²) in [5.41, 5.74) is 0. The van der Waals surface area contributed by atoms with Crippen LogP contribution in [0.4, 0.5) is 0 Å². The monoisotopic (exact) mass is 341 g/mol. The van der Waals surface area contributed by atoms with Gasteiger partial charge in [0.1, 0.15) is 29.6 Å². The number of hydrogen-bond donors (Lipinski definition) is 1. The number of methoxy groups -OCH3 is 1. The highest BCUT2D eigenvalue weighted by molar-refractivity contribution is 5.91. The number of benzene rings is 1. The highest BCUT2D eigenvalue weighted by Crippen LogP contribution is 2.47. The van der Waals surface area contributed by atoms with Crippen LogP contribution in [0.3, 0.4) is 0 Å². The molecule has 2 atom stereocenters. The number of nitrogens with one attached hydrogen (secondary N) is 1. The van der Waals surface area contributed by atoms with E-state index in [-0.39, 0.29) is 5.91 Å². The minimum absolute atomic E-state index is 0.170. The van der Waals surface area contributed by atoms with Gasteiger partial charge in [0.2, 0.25) is 5.91 Å². The number of hydrogen-bond acceptors (Lipinski definition) is 4. The van der Waals surface area contributed by atoms with Crippen LogP contribution in [0.2, 0.25) is 0 Å². The number of ether oxygens (including phenoxy) is 2. The highest BCUT2D eigenvalue weighted by Gasteiger charge is 2.36. The normalized spacial score (nSPS) is 19.0. The maximum Gasteiger partial charge on any atom is 0.244 e. The van der Waals surface area contributed by atoms with Crippen LogP contribution in [0.25, 0.3) is 6.08 Å². The zero-order valence-electron chi connectivity index (χ0n) is 14.5. The van der Waals surface area contributed by atoms with Crippen molar-refractivity contribution in [1.82, 2.24) is 5.32 Å². The summed E-state index contributed by atoms with van der Waals surface area (Å²) in [7, 11) is 1.62. The third-order valence-corrected chi connectivity index (χ3v) is 4.25. The second-order valence-corrected chi connectivity index (χ2v) is 6.21. The molecule has 5 heteroatoms. The number of carbonyl (C=O) groups is 1. The number of amides is 1. The average molecular weight is 341 g/mol. The minimum atomic E-state index is -0.170. The second kappa shape index (κ2) is 7.92. The van der Waals surface area contributed by atoms with Crippen molar-refractivity contribution in [2.45, 2.75) is 19.3 Å². The Balaban J connectivity index is 1.36. The standard InChI is InChI=1S/C20H23NO4/c1-14-13-18(14)19-9-7-17(25-19)8-10-20(22)21-11-12-24-16-5-3-15(23-2)4-6-16/h3-10,14,18H,11-13H2,1-2H3,(H,21,22)/b10-8+/t14-,18+/m0/s1. The molecule has 1 N–H and O–H groups in total. The van der Waals surface area contributed by atoms with Crippen LogP contribution in [0.1, 0.15) is 30.8 Å². The van der Waals surface area contributed by atoms with Gasteiger partial charge in [-0.25, -0.2) is 0 Å². The van der Waals surface area contributed by atoms with Gasteiger partial charge in [-0.05, 0) is 54.8 Å². The van der Waals surface area contributed by atoms with Gasteiger partial charge in [0, 0.05) is 12.0 Å². The van der Waals surface area contributed by atoms with Crippen molar-refractivity contribution in [3.8, 4) is 11.5 Å². The minimum Gasteiger partial charge on any atom is -0.497 e. The first-order valence-corrected chi connectivity index (χ1v) is 8.48. The van der Waals surface area contributed by atoms with Crippen LogP contribution >= 0.6 is 0 Å². The molecule has 1 aliphatic rings. The molecule has 1 saturated carbocycles. The van der Waals surface area contributed by atoms with Gasteiger partial charge < -0.3 is 19.2 Å². The van der Waals surface area contributed by atoms with E-state index in [9.17, 15) is 4.79 Å². The van der Waals surface area contributed by atoms with E-state index in [1.54, 1.807) is 13.2 Å². The smallest absolute Gasteiger partial charge is 0.244 e. The van der Waals surface area contributed by atoms with E-state index in [2.05, 4.69) is 12.2 Å². The Kier molecular flexibility index (Phi) is 5.43. The molecular formula is C20H23NO4. The van der Waals surface area contributed by atoms with E-state index in [0.29, 0.717) is 30.7 Å². The third-order valence-electron chi connectivity index (χ3n) is 4.25. The van der Waals surface area contributed by atoms with Crippen molar-refractivity contribution < 1.29 is 18.7 Å². The molecule has 1 aromatic carbocycles. The molecule has 2 aromatic rings. The molecule has 0 spiro atoms. The van der Waals surface area contributed by atoms with Crippen LogP contribution in [-0.2, 0) is 4.79 Å². The van der Waals surface area contributed by atoms with E-state index < -0.39 is 0 Å². The van der Waals surface area contributed by atoms with Gasteiger partial charge in [0.25, 0.3) is 0 Å². The Hall–Kier alpha value is -2.69. The van der Waals surface area contributed by atoms with E-state index in [1.165, 1.54) is 12.5 Å². The SMILES string of the molecule is COc1ccc(OCCNC(=O)/C=C/c2ccc([C@@H]3C[C@@H]3C)o2)cc1. The van der Waals surface area contributed by atoms with Gasteiger partial charge in [0.05, 0.1) is 13.7 Å². The van der Waals surface area contributed by atoms with Gasteiger partial charge in [0.15, 0.2) is 0 Å². The first kappa shape index (κ1) is 17.1. The van der Waals surface area contributed by atoms with Crippen LogP contribution in [0.5, 0.6) is 11.5 Å². The van der Waals surface area contributed by atoms with Crippen LogP contribution in [0, 0.1) is 5.92 Å². The van der Waals surface area contributed by atoms with Gasteiger partial charge in [-0.1, -0.05) is 6.92 Å². The van der Waals surface area contributed by atoms with Gasteiger partial charge >= 0.3 is 0 Å². The first-order chi connectivity index (χ1) is 12.2. The molecule has 132 valence electrons. The van der Waals surface area contributed by atoms with E-state index in [0.717, 1.165) is 17.3 Å². The van der Waals surface area contributed by atoms with Crippen LogP contribution < -0.4 is 14.8 Å². The maximum absolute atomic E-state index is 11.8. The number of carbonyl (C=O) groups excluding carboxylic acids is 1. The zero-order chi connectivity index (χ0) is 17.6. The van der Waals surface area contributed by atoms with E-state index in [1.807, 2.05) is 36.4 Å². The molecule has 1 aromatic heterocycles. The first-order valence-electron chi connectivity index (χ1n) is 8.48. The van der Waals surface area contributed by atoms with Crippen molar-refractivity contribution in [2.75, 3.05) is 20.3 Å². The summed E-state index contributed by atoms with van der Waals surface area (Å²) < 4.78 is 16.4. The second-order valence-electron chi connectivity index (χ2n) is 6.21. The fourth-order valence-corrected chi connectivity index (χ4v) is 2.61. The Morgan fingerprint density at radius 1 is 1.24 bits per heavy atom. The molecule has 1 amide bonds. The summed E-state index contributed by atoms with van der Waals surface area (Å²) in [5.74, 6) is 4.32. The Morgan fingerprint density at radius 3 is 2.64 bits per heavy atom. The lowest BCUT2D eigenvalue weighted by atomic mass is 10.3. The van der Waals surface area contributed by atoms with Crippen molar-refractivity contribution >= 4 is 12.0 Å². The summed E-state index contributed by atoms with van der Waals surface area (Å²) in [6.07, 6.45) is 4.36. The van der Waals surface area contributed by atoms with Gasteiger partial charge in [-0.2, -0.15) is 0 Å². The molecule has 1 fully saturated rings. The van der Waals surface area contributed by atoms with Crippen molar-refractivity contribution in [3.05, 3.63) is 54.0 Å². The lowest BCUT2D eigenvalue weighted by Gasteiger charge is -2.07. The summed E-state index contributed by atoms with van der Waals surface area (Å²) in [4.78, 5) is 11.8. The fourth-order valence-electron chi connectivity index (χ4n) is 2.61. The van der Waals surface area contributed by atoms with E-state index >= 15 is 0 Å². The van der Waals surface area contributed by atoms with Gasteiger partial charge in [-0.15, -0.1) is 0 Å². The highest BCUT2D eigenvalue weighted by atomic mass is 16.5. The molecule has 0 aliphatic heterocycles. The fraction of sp³-hybridized carbons (Fsp3) is 0.350. The summed E-state index contributed by atoms with van der Waals surface area (Å²) in [6, 6.07) is 11.2. The molecule has 1 heterocycles. The number of rotatable bonds is 8. The van der Waals surface area contributed by atoms with Crippen molar-refractivity contribution in [2.24, 2.45) is 5.92 Å².